The second-order valence-electron chi connectivity index (χ2n) is 7.24. The van der Waals surface area contributed by atoms with Gasteiger partial charge in [-0.1, -0.05) is 30.3 Å². The molecule has 1 heterocycles. The van der Waals surface area contributed by atoms with E-state index in [2.05, 4.69) is 12.1 Å². The van der Waals surface area contributed by atoms with Gasteiger partial charge in [0.2, 0.25) is 11.8 Å². The predicted octanol–water partition coefficient (Wildman–Crippen LogP) is 2.25. The summed E-state index contributed by atoms with van der Waals surface area (Å²) < 4.78 is 0. The number of benzene rings is 1. The number of hydrogen-bond donors (Lipinski definition) is 3. The lowest BCUT2D eigenvalue weighted by Gasteiger charge is -2.32. The quantitative estimate of drug-likeness (QED) is 0.464. The van der Waals surface area contributed by atoms with E-state index in [-0.39, 0.29) is 17.9 Å². The van der Waals surface area contributed by atoms with Gasteiger partial charge in [-0.05, 0) is 50.0 Å². The molecule has 144 valence electrons. The summed E-state index contributed by atoms with van der Waals surface area (Å²) in [6, 6.07) is 10.1. The number of piperidine rings is 1. The Labute approximate surface area is 155 Å². The van der Waals surface area contributed by atoms with Crippen molar-refractivity contribution in [3.8, 4) is 0 Å². The molecular weight excluding hydrogens is 330 g/mol. The molecule has 2 rings (SSSR count). The standard InChI is InChI=1S/C20H31N3O3/c21-18(10-9-16-5-2-1-3-6-16)15-20(25)23-13-11-17(12-14-23)7-4-8-19(24)22-26/h1-3,5-6,17-18,26H,4,7-15,21H2,(H,22,24)/t18-/m1/s1. The molecule has 1 atom stereocenters. The van der Waals surface area contributed by atoms with E-state index in [1.54, 1.807) is 5.48 Å². The van der Waals surface area contributed by atoms with Crippen molar-refractivity contribution in [3.05, 3.63) is 35.9 Å². The third-order valence-corrected chi connectivity index (χ3v) is 5.19. The number of carbonyl (C=O) groups excluding carboxylic acids is 2. The molecule has 0 aliphatic carbocycles. The van der Waals surface area contributed by atoms with Crippen molar-refractivity contribution in [1.29, 1.82) is 0 Å². The minimum absolute atomic E-state index is 0.0996. The van der Waals surface area contributed by atoms with Gasteiger partial charge in [-0.25, -0.2) is 5.48 Å². The number of likely N-dealkylation sites (tertiary alicyclic amines) is 1. The minimum Gasteiger partial charge on any atom is -0.343 e. The second-order valence-corrected chi connectivity index (χ2v) is 7.24. The van der Waals surface area contributed by atoms with Crippen LogP contribution in [-0.2, 0) is 16.0 Å². The second kappa shape index (κ2) is 10.9. The highest BCUT2D eigenvalue weighted by molar-refractivity contribution is 5.77. The Morgan fingerprint density at radius 2 is 1.92 bits per heavy atom. The van der Waals surface area contributed by atoms with Gasteiger partial charge in [-0.3, -0.25) is 14.8 Å². The normalized spacial score (nSPS) is 16.3. The van der Waals surface area contributed by atoms with Crippen LogP contribution < -0.4 is 11.2 Å². The van der Waals surface area contributed by atoms with Crippen LogP contribution in [0.15, 0.2) is 30.3 Å². The van der Waals surface area contributed by atoms with Gasteiger partial charge in [0.25, 0.3) is 0 Å². The molecule has 4 N–H and O–H groups in total. The minimum atomic E-state index is -0.331. The number of nitrogens with zero attached hydrogens (tertiary/aromatic N) is 1. The van der Waals surface area contributed by atoms with Crippen LogP contribution in [0.2, 0.25) is 0 Å². The molecule has 1 aromatic rings. The Balaban J connectivity index is 1.62. The van der Waals surface area contributed by atoms with Gasteiger partial charge in [0.05, 0.1) is 0 Å². The summed E-state index contributed by atoms with van der Waals surface area (Å²) in [7, 11) is 0. The topological polar surface area (TPSA) is 95.7 Å². The highest BCUT2D eigenvalue weighted by Gasteiger charge is 2.23. The van der Waals surface area contributed by atoms with Gasteiger partial charge in [0.15, 0.2) is 0 Å². The summed E-state index contributed by atoms with van der Waals surface area (Å²) in [5, 5.41) is 8.49. The van der Waals surface area contributed by atoms with Gasteiger partial charge >= 0.3 is 0 Å². The van der Waals surface area contributed by atoms with Crippen molar-refractivity contribution in [2.75, 3.05) is 13.1 Å². The zero-order chi connectivity index (χ0) is 18.8. The Morgan fingerprint density at radius 3 is 2.58 bits per heavy atom. The molecule has 0 saturated carbocycles. The monoisotopic (exact) mass is 361 g/mol. The lowest BCUT2D eigenvalue weighted by Crippen LogP contribution is -2.41. The zero-order valence-electron chi connectivity index (χ0n) is 15.4. The van der Waals surface area contributed by atoms with E-state index in [9.17, 15) is 9.59 Å². The zero-order valence-corrected chi connectivity index (χ0v) is 15.4. The lowest BCUT2D eigenvalue weighted by molar-refractivity contribution is -0.133. The van der Waals surface area contributed by atoms with E-state index in [0.29, 0.717) is 18.8 Å². The first kappa shape index (κ1) is 20.4. The van der Waals surface area contributed by atoms with Gasteiger partial charge in [0, 0.05) is 32.0 Å². The van der Waals surface area contributed by atoms with Crippen molar-refractivity contribution >= 4 is 11.8 Å². The van der Waals surface area contributed by atoms with Crippen LogP contribution in [-0.4, -0.2) is 41.1 Å². The molecule has 26 heavy (non-hydrogen) atoms. The molecule has 1 aliphatic heterocycles. The summed E-state index contributed by atoms with van der Waals surface area (Å²) in [4.78, 5) is 25.4. The predicted molar refractivity (Wildman–Crippen MR) is 100 cm³/mol. The summed E-state index contributed by atoms with van der Waals surface area (Å²) in [5.74, 6) is 0.378. The lowest BCUT2D eigenvalue weighted by atomic mass is 9.91. The molecule has 1 saturated heterocycles. The van der Waals surface area contributed by atoms with E-state index in [1.807, 2.05) is 23.1 Å². The third kappa shape index (κ3) is 7.14. The first-order valence-corrected chi connectivity index (χ1v) is 9.58. The number of hydroxylamine groups is 1. The van der Waals surface area contributed by atoms with Crippen LogP contribution in [0.4, 0.5) is 0 Å². The molecule has 1 aliphatic rings. The summed E-state index contributed by atoms with van der Waals surface area (Å²) in [5.41, 5.74) is 9.07. The SMILES string of the molecule is N[C@H](CCc1ccccc1)CC(=O)N1CCC(CCCC(=O)NO)CC1. The van der Waals surface area contributed by atoms with Crippen molar-refractivity contribution in [3.63, 3.8) is 0 Å². The van der Waals surface area contributed by atoms with Crippen LogP contribution in [0.5, 0.6) is 0 Å². The number of amides is 2. The number of hydrogen-bond acceptors (Lipinski definition) is 4. The largest absolute Gasteiger partial charge is 0.343 e. The van der Waals surface area contributed by atoms with E-state index in [4.69, 9.17) is 10.9 Å². The number of nitrogens with one attached hydrogen (secondary N) is 1. The molecule has 0 aromatic heterocycles. The van der Waals surface area contributed by atoms with E-state index < -0.39 is 0 Å². The van der Waals surface area contributed by atoms with Crippen molar-refractivity contribution < 1.29 is 14.8 Å². The van der Waals surface area contributed by atoms with Crippen molar-refractivity contribution in [1.82, 2.24) is 10.4 Å². The summed E-state index contributed by atoms with van der Waals surface area (Å²) in [6.45, 7) is 1.56. The van der Waals surface area contributed by atoms with Crippen LogP contribution >= 0.6 is 0 Å². The average Bonchev–Trinajstić information content (AvgIpc) is 2.67. The average molecular weight is 361 g/mol. The van der Waals surface area contributed by atoms with E-state index >= 15 is 0 Å². The summed E-state index contributed by atoms with van der Waals surface area (Å²) >= 11 is 0. The van der Waals surface area contributed by atoms with Crippen LogP contribution in [0.1, 0.15) is 50.5 Å². The highest BCUT2D eigenvalue weighted by Crippen LogP contribution is 2.23. The highest BCUT2D eigenvalue weighted by atomic mass is 16.5. The molecule has 1 aromatic carbocycles. The first-order chi connectivity index (χ1) is 12.6. The number of nitrogens with two attached hydrogens (primary N) is 1. The Kier molecular flexibility index (Phi) is 8.58. The van der Waals surface area contributed by atoms with Gasteiger partial charge in [-0.15, -0.1) is 0 Å². The number of rotatable bonds is 9. The number of carbonyl (C=O) groups is 2. The Bertz CT molecular complexity index is 557. The number of aryl methyl sites for hydroxylation is 1. The molecule has 6 nitrogen and oxygen atoms in total. The maximum Gasteiger partial charge on any atom is 0.243 e. The summed E-state index contributed by atoms with van der Waals surface area (Å²) in [6.07, 6.45) is 6.18. The van der Waals surface area contributed by atoms with Crippen molar-refractivity contribution in [2.24, 2.45) is 11.7 Å². The molecule has 0 unspecified atom stereocenters. The molecule has 0 spiro atoms. The fourth-order valence-corrected chi connectivity index (χ4v) is 3.53. The van der Waals surface area contributed by atoms with E-state index in [1.165, 1.54) is 5.56 Å². The first-order valence-electron chi connectivity index (χ1n) is 9.58. The Hall–Kier alpha value is -1.92. The van der Waals surface area contributed by atoms with Gasteiger partial charge in [0.1, 0.15) is 0 Å². The van der Waals surface area contributed by atoms with Crippen LogP contribution in [0.25, 0.3) is 0 Å². The molecule has 0 bridgehead atoms. The van der Waals surface area contributed by atoms with Gasteiger partial charge in [-0.2, -0.15) is 0 Å². The molecule has 0 radical (unpaired) electrons. The van der Waals surface area contributed by atoms with Crippen LogP contribution in [0.3, 0.4) is 0 Å². The Morgan fingerprint density at radius 1 is 1.23 bits per heavy atom. The molecular formula is C20H31N3O3. The molecule has 1 fully saturated rings. The van der Waals surface area contributed by atoms with Crippen LogP contribution in [0, 0.1) is 5.92 Å². The van der Waals surface area contributed by atoms with Crippen molar-refractivity contribution in [2.45, 2.75) is 57.4 Å². The third-order valence-electron chi connectivity index (χ3n) is 5.19. The molecule has 6 heteroatoms. The maximum absolute atomic E-state index is 12.4. The fourth-order valence-electron chi connectivity index (χ4n) is 3.53. The smallest absolute Gasteiger partial charge is 0.243 e. The van der Waals surface area contributed by atoms with E-state index in [0.717, 1.165) is 51.6 Å². The van der Waals surface area contributed by atoms with Gasteiger partial charge < -0.3 is 10.6 Å². The maximum atomic E-state index is 12.4. The molecule has 2 amide bonds. The fraction of sp³-hybridized carbons (Fsp3) is 0.600.